The second-order valence-electron chi connectivity index (χ2n) is 4.91. The second kappa shape index (κ2) is 5.61. The van der Waals surface area contributed by atoms with Gasteiger partial charge in [0.1, 0.15) is 0 Å². The lowest BCUT2D eigenvalue weighted by atomic mass is 9.92. The van der Waals surface area contributed by atoms with Crippen molar-refractivity contribution < 1.29 is 4.74 Å². The van der Waals surface area contributed by atoms with Crippen molar-refractivity contribution in [2.75, 3.05) is 13.2 Å². The standard InChI is InChI=1S/C14H18N4O/c15-18-14(10-4-3-7-19-9-10)13-8-16-11-5-1-2-6-12(11)17-13/h1-2,5-6,8,10,14,18H,3-4,7,9,15H2. The Morgan fingerprint density at radius 2 is 2.16 bits per heavy atom. The van der Waals surface area contributed by atoms with Crippen LogP contribution in [0.15, 0.2) is 30.5 Å². The number of hydrazine groups is 1. The van der Waals surface area contributed by atoms with E-state index in [0.29, 0.717) is 5.92 Å². The SMILES string of the molecule is NNC(c1cnc2ccccc2n1)C1CCCOC1. The molecule has 1 aromatic carbocycles. The normalized spacial score (nSPS) is 21.4. The van der Waals surface area contributed by atoms with E-state index in [2.05, 4.69) is 15.4 Å². The minimum atomic E-state index is -0.00240. The van der Waals surface area contributed by atoms with E-state index >= 15 is 0 Å². The van der Waals surface area contributed by atoms with Crippen LogP contribution in [-0.4, -0.2) is 23.2 Å². The molecule has 5 heteroatoms. The molecule has 5 nitrogen and oxygen atoms in total. The molecule has 0 amide bonds. The van der Waals surface area contributed by atoms with Gasteiger partial charge in [-0.05, 0) is 25.0 Å². The smallest absolute Gasteiger partial charge is 0.0890 e. The van der Waals surface area contributed by atoms with Crippen LogP contribution in [0.3, 0.4) is 0 Å². The van der Waals surface area contributed by atoms with Crippen molar-refractivity contribution >= 4 is 11.0 Å². The zero-order valence-corrected chi connectivity index (χ0v) is 10.7. The molecule has 1 saturated heterocycles. The number of fused-ring (bicyclic) bond motifs is 1. The maximum absolute atomic E-state index is 5.71. The molecule has 0 aliphatic carbocycles. The van der Waals surface area contributed by atoms with Crippen LogP contribution in [0.25, 0.3) is 11.0 Å². The molecule has 0 saturated carbocycles. The van der Waals surface area contributed by atoms with E-state index in [1.54, 1.807) is 0 Å². The van der Waals surface area contributed by atoms with Crippen molar-refractivity contribution in [2.45, 2.75) is 18.9 Å². The van der Waals surface area contributed by atoms with Gasteiger partial charge in [0.15, 0.2) is 0 Å². The summed E-state index contributed by atoms with van der Waals surface area (Å²) in [7, 11) is 0. The quantitative estimate of drug-likeness (QED) is 0.645. The maximum atomic E-state index is 5.71. The summed E-state index contributed by atoms with van der Waals surface area (Å²) in [6.45, 7) is 1.57. The van der Waals surface area contributed by atoms with E-state index in [9.17, 15) is 0 Å². The van der Waals surface area contributed by atoms with Gasteiger partial charge in [0.25, 0.3) is 0 Å². The Morgan fingerprint density at radius 3 is 2.89 bits per heavy atom. The number of para-hydroxylation sites is 2. The van der Waals surface area contributed by atoms with Crippen molar-refractivity contribution in [2.24, 2.45) is 11.8 Å². The van der Waals surface area contributed by atoms with E-state index in [1.165, 1.54) is 0 Å². The van der Waals surface area contributed by atoms with Gasteiger partial charge in [-0.3, -0.25) is 16.3 Å². The number of aromatic nitrogens is 2. The highest BCUT2D eigenvalue weighted by Crippen LogP contribution is 2.27. The van der Waals surface area contributed by atoms with Crippen molar-refractivity contribution in [3.8, 4) is 0 Å². The van der Waals surface area contributed by atoms with Crippen molar-refractivity contribution in [1.29, 1.82) is 0 Å². The summed E-state index contributed by atoms with van der Waals surface area (Å²) in [6, 6.07) is 7.86. The van der Waals surface area contributed by atoms with Crippen molar-refractivity contribution in [3.63, 3.8) is 0 Å². The summed E-state index contributed by atoms with van der Waals surface area (Å²) in [4.78, 5) is 9.11. The zero-order valence-electron chi connectivity index (χ0n) is 10.7. The first-order valence-electron chi connectivity index (χ1n) is 6.64. The first-order valence-corrected chi connectivity index (χ1v) is 6.64. The van der Waals surface area contributed by atoms with Gasteiger partial charge < -0.3 is 4.74 Å². The Hall–Kier alpha value is -1.56. The molecule has 2 unspecified atom stereocenters. The molecule has 1 aliphatic heterocycles. The Kier molecular flexibility index (Phi) is 3.68. The number of nitrogens with two attached hydrogens (primary N) is 1. The lowest BCUT2D eigenvalue weighted by Gasteiger charge is -2.29. The average Bonchev–Trinajstić information content (AvgIpc) is 2.49. The molecule has 1 fully saturated rings. The van der Waals surface area contributed by atoms with Crippen LogP contribution in [0.4, 0.5) is 0 Å². The van der Waals surface area contributed by atoms with E-state index in [-0.39, 0.29) is 6.04 Å². The molecular weight excluding hydrogens is 240 g/mol. The summed E-state index contributed by atoms with van der Waals surface area (Å²) < 4.78 is 5.53. The number of benzene rings is 1. The largest absolute Gasteiger partial charge is 0.381 e. The van der Waals surface area contributed by atoms with Crippen LogP contribution in [0.2, 0.25) is 0 Å². The number of nitrogens with zero attached hydrogens (tertiary/aromatic N) is 2. The lowest BCUT2D eigenvalue weighted by Crippen LogP contribution is -2.37. The van der Waals surface area contributed by atoms with Crippen LogP contribution in [0, 0.1) is 5.92 Å². The number of rotatable bonds is 3. The predicted octanol–water partition coefficient (Wildman–Crippen LogP) is 1.56. The van der Waals surface area contributed by atoms with Gasteiger partial charge in [0.05, 0.1) is 35.6 Å². The van der Waals surface area contributed by atoms with Crippen LogP contribution >= 0.6 is 0 Å². The van der Waals surface area contributed by atoms with Crippen LogP contribution in [-0.2, 0) is 4.74 Å². The number of ether oxygens (including phenoxy) is 1. The Labute approximate surface area is 112 Å². The van der Waals surface area contributed by atoms with Gasteiger partial charge >= 0.3 is 0 Å². The fourth-order valence-corrected chi connectivity index (χ4v) is 2.61. The Bertz CT molecular complexity index is 554. The summed E-state index contributed by atoms with van der Waals surface area (Å²) in [5.74, 6) is 6.06. The molecule has 2 atom stereocenters. The highest BCUT2D eigenvalue weighted by Gasteiger charge is 2.26. The number of nitrogens with one attached hydrogen (secondary N) is 1. The van der Waals surface area contributed by atoms with Crippen LogP contribution in [0.1, 0.15) is 24.6 Å². The van der Waals surface area contributed by atoms with Crippen molar-refractivity contribution in [1.82, 2.24) is 15.4 Å². The van der Waals surface area contributed by atoms with Gasteiger partial charge in [0, 0.05) is 12.5 Å². The molecule has 19 heavy (non-hydrogen) atoms. The van der Waals surface area contributed by atoms with E-state index in [4.69, 9.17) is 10.6 Å². The predicted molar refractivity (Wildman–Crippen MR) is 73.1 cm³/mol. The summed E-state index contributed by atoms with van der Waals surface area (Å²) in [5.41, 5.74) is 5.56. The molecule has 1 aromatic heterocycles. The van der Waals surface area contributed by atoms with Gasteiger partial charge in [-0.25, -0.2) is 4.98 Å². The first kappa shape index (κ1) is 12.5. The fraction of sp³-hybridized carbons (Fsp3) is 0.429. The first-order chi connectivity index (χ1) is 9.38. The highest BCUT2D eigenvalue weighted by molar-refractivity contribution is 5.73. The Balaban J connectivity index is 1.91. The second-order valence-corrected chi connectivity index (χ2v) is 4.91. The summed E-state index contributed by atoms with van der Waals surface area (Å²) in [5, 5.41) is 0. The van der Waals surface area contributed by atoms with Gasteiger partial charge in [-0.15, -0.1) is 0 Å². The molecule has 2 aromatic rings. The molecule has 2 heterocycles. The zero-order chi connectivity index (χ0) is 13.1. The van der Waals surface area contributed by atoms with E-state index in [1.807, 2.05) is 30.5 Å². The third kappa shape index (κ3) is 2.58. The molecule has 3 N–H and O–H groups in total. The monoisotopic (exact) mass is 258 g/mol. The van der Waals surface area contributed by atoms with E-state index in [0.717, 1.165) is 42.8 Å². The maximum Gasteiger partial charge on any atom is 0.0890 e. The Morgan fingerprint density at radius 1 is 1.32 bits per heavy atom. The van der Waals surface area contributed by atoms with E-state index < -0.39 is 0 Å². The topological polar surface area (TPSA) is 73.1 Å². The van der Waals surface area contributed by atoms with Gasteiger partial charge in [-0.2, -0.15) is 0 Å². The molecule has 0 radical (unpaired) electrons. The molecule has 100 valence electrons. The molecule has 0 bridgehead atoms. The van der Waals surface area contributed by atoms with Gasteiger partial charge in [0.2, 0.25) is 0 Å². The minimum Gasteiger partial charge on any atom is -0.381 e. The fourth-order valence-electron chi connectivity index (χ4n) is 2.61. The average molecular weight is 258 g/mol. The van der Waals surface area contributed by atoms with Gasteiger partial charge in [-0.1, -0.05) is 12.1 Å². The molecular formula is C14H18N4O. The summed E-state index contributed by atoms with van der Waals surface area (Å²) in [6.07, 6.45) is 3.98. The highest BCUT2D eigenvalue weighted by atomic mass is 16.5. The van der Waals surface area contributed by atoms with Crippen LogP contribution in [0.5, 0.6) is 0 Å². The number of hydrogen-bond acceptors (Lipinski definition) is 5. The number of hydrogen-bond donors (Lipinski definition) is 2. The lowest BCUT2D eigenvalue weighted by molar-refractivity contribution is 0.0383. The third-order valence-electron chi connectivity index (χ3n) is 3.63. The van der Waals surface area contributed by atoms with Crippen LogP contribution < -0.4 is 11.3 Å². The molecule has 0 spiro atoms. The minimum absolute atomic E-state index is 0.00240. The molecule has 3 rings (SSSR count). The molecule has 1 aliphatic rings. The third-order valence-corrected chi connectivity index (χ3v) is 3.63. The summed E-state index contributed by atoms with van der Waals surface area (Å²) >= 11 is 0. The van der Waals surface area contributed by atoms with Crippen molar-refractivity contribution in [3.05, 3.63) is 36.2 Å².